The average Bonchev–Trinajstić information content (AvgIpc) is 2.47. The molecular weight excluding hydrogens is 246 g/mol. The largest absolute Gasteiger partial charge is 0.396 e. The number of aliphatic hydroxyl groups is 1. The van der Waals surface area contributed by atoms with Crippen molar-refractivity contribution < 1.29 is 5.11 Å². The van der Waals surface area contributed by atoms with Crippen LogP contribution in [0.2, 0.25) is 0 Å². The van der Waals surface area contributed by atoms with Crippen LogP contribution in [-0.4, -0.2) is 24.8 Å². The van der Waals surface area contributed by atoms with E-state index >= 15 is 0 Å². The van der Waals surface area contributed by atoms with Gasteiger partial charge in [-0.05, 0) is 32.4 Å². The number of nitrogens with one attached hydrogen (secondary N) is 1. The lowest BCUT2D eigenvalue weighted by Crippen LogP contribution is -2.16. The van der Waals surface area contributed by atoms with Gasteiger partial charge in [-0.15, -0.1) is 0 Å². The molecule has 0 aromatic carbocycles. The third kappa shape index (κ3) is 17.9. The van der Waals surface area contributed by atoms with Crippen LogP contribution in [0.4, 0.5) is 0 Å². The van der Waals surface area contributed by atoms with E-state index < -0.39 is 0 Å². The van der Waals surface area contributed by atoms with Crippen molar-refractivity contribution in [2.75, 3.05) is 19.7 Å². The van der Waals surface area contributed by atoms with Gasteiger partial charge in [0, 0.05) is 6.61 Å². The molecule has 2 nitrogen and oxygen atoms in total. The Labute approximate surface area is 127 Å². The molecule has 0 rings (SSSR count). The van der Waals surface area contributed by atoms with Crippen LogP contribution in [0.15, 0.2) is 0 Å². The lowest BCUT2D eigenvalue weighted by molar-refractivity contribution is 0.282. The molecule has 0 bridgehead atoms. The molecule has 122 valence electrons. The van der Waals surface area contributed by atoms with Crippen molar-refractivity contribution in [1.29, 1.82) is 0 Å². The zero-order valence-electron chi connectivity index (χ0n) is 14.0. The van der Waals surface area contributed by atoms with Gasteiger partial charge in [-0.25, -0.2) is 0 Å². The van der Waals surface area contributed by atoms with Crippen LogP contribution in [0.3, 0.4) is 0 Å². The Morgan fingerprint density at radius 3 is 1.40 bits per heavy atom. The lowest BCUT2D eigenvalue weighted by Gasteiger charge is -2.05. The van der Waals surface area contributed by atoms with Gasteiger partial charge in [0.15, 0.2) is 0 Å². The Hall–Kier alpha value is -0.0800. The van der Waals surface area contributed by atoms with E-state index in [1.807, 2.05) is 0 Å². The predicted octanol–water partition coefficient (Wildman–Crippen LogP) is 5.05. The Morgan fingerprint density at radius 2 is 0.950 bits per heavy atom. The van der Waals surface area contributed by atoms with Gasteiger partial charge in [-0.3, -0.25) is 0 Å². The Bertz CT molecular complexity index is 143. The molecule has 0 spiro atoms. The molecule has 0 fully saturated rings. The summed E-state index contributed by atoms with van der Waals surface area (Å²) in [5, 5.41) is 12.2. The van der Waals surface area contributed by atoms with Crippen molar-refractivity contribution in [1.82, 2.24) is 5.32 Å². The number of aliphatic hydroxyl groups excluding tert-OH is 1. The Morgan fingerprint density at radius 1 is 0.550 bits per heavy atom. The maximum absolute atomic E-state index is 8.67. The molecule has 0 aromatic rings. The van der Waals surface area contributed by atoms with E-state index in [2.05, 4.69) is 12.2 Å². The van der Waals surface area contributed by atoms with Crippen LogP contribution < -0.4 is 5.32 Å². The van der Waals surface area contributed by atoms with Crippen LogP contribution in [-0.2, 0) is 0 Å². The molecule has 0 aliphatic rings. The second-order valence-corrected chi connectivity index (χ2v) is 6.07. The summed E-state index contributed by atoms with van der Waals surface area (Å²) in [6, 6.07) is 0. The van der Waals surface area contributed by atoms with Gasteiger partial charge in [-0.1, -0.05) is 77.6 Å². The normalized spacial score (nSPS) is 11.1. The second kappa shape index (κ2) is 18.9. The van der Waals surface area contributed by atoms with Crippen molar-refractivity contribution in [3.8, 4) is 0 Å². The van der Waals surface area contributed by atoms with Crippen molar-refractivity contribution >= 4 is 0 Å². The summed E-state index contributed by atoms with van der Waals surface area (Å²) < 4.78 is 0. The summed E-state index contributed by atoms with van der Waals surface area (Å²) in [5.41, 5.74) is 0. The van der Waals surface area contributed by atoms with Crippen LogP contribution in [0.25, 0.3) is 0 Å². The third-order valence-electron chi connectivity index (χ3n) is 3.97. The smallest absolute Gasteiger partial charge is 0.0431 e. The predicted molar refractivity (Wildman–Crippen MR) is 90.3 cm³/mol. The minimum absolute atomic E-state index is 0.364. The van der Waals surface area contributed by atoms with Crippen molar-refractivity contribution in [3.63, 3.8) is 0 Å². The number of unbranched alkanes of at least 4 members (excludes halogenated alkanes) is 12. The highest BCUT2D eigenvalue weighted by molar-refractivity contribution is 4.52. The summed E-state index contributed by atoms with van der Waals surface area (Å²) in [7, 11) is 0. The van der Waals surface area contributed by atoms with E-state index in [1.54, 1.807) is 0 Å². The topological polar surface area (TPSA) is 32.3 Å². The van der Waals surface area contributed by atoms with Gasteiger partial charge in [0.05, 0.1) is 0 Å². The average molecular weight is 286 g/mol. The molecule has 0 aliphatic carbocycles. The molecule has 20 heavy (non-hydrogen) atoms. The molecular formula is C18H39NO. The Balaban J connectivity index is 2.89. The SMILES string of the molecule is CCCCCCCCCNCCCCCCCCCO. The molecule has 0 aromatic heterocycles. The monoisotopic (exact) mass is 285 g/mol. The van der Waals surface area contributed by atoms with Gasteiger partial charge in [0.25, 0.3) is 0 Å². The maximum Gasteiger partial charge on any atom is 0.0431 e. The molecule has 0 saturated heterocycles. The highest BCUT2D eigenvalue weighted by atomic mass is 16.2. The minimum atomic E-state index is 0.364. The Kier molecular flexibility index (Phi) is 18.8. The van der Waals surface area contributed by atoms with Crippen LogP contribution in [0, 0.1) is 0 Å². The van der Waals surface area contributed by atoms with Crippen LogP contribution in [0.1, 0.15) is 96.8 Å². The fourth-order valence-corrected chi connectivity index (χ4v) is 2.58. The molecule has 0 atom stereocenters. The first-order valence-corrected chi connectivity index (χ1v) is 9.23. The molecule has 0 aliphatic heterocycles. The van der Waals surface area contributed by atoms with Gasteiger partial charge >= 0.3 is 0 Å². The van der Waals surface area contributed by atoms with E-state index in [9.17, 15) is 0 Å². The number of rotatable bonds is 17. The summed E-state index contributed by atoms with van der Waals surface area (Å²) in [5.74, 6) is 0. The van der Waals surface area contributed by atoms with E-state index in [0.29, 0.717) is 6.61 Å². The number of hydrogen-bond donors (Lipinski definition) is 2. The first-order chi connectivity index (χ1) is 9.91. The molecule has 0 unspecified atom stereocenters. The first kappa shape index (κ1) is 19.9. The van der Waals surface area contributed by atoms with E-state index in [0.717, 1.165) is 6.42 Å². The zero-order valence-corrected chi connectivity index (χ0v) is 14.0. The summed E-state index contributed by atoms with van der Waals surface area (Å²) >= 11 is 0. The van der Waals surface area contributed by atoms with Crippen LogP contribution in [0.5, 0.6) is 0 Å². The maximum atomic E-state index is 8.67. The molecule has 2 heteroatoms. The van der Waals surface area contributed by atoms with E-state index in [1.165, 1.54) is 96.6 Å². The van der Waals surface area contributed by atoms with Crippen LogP contribution >= 0.6 is 0 Å². The third-order valence-corrected chi connectivity index (χ3v) is 3.97. The fraction of sp³-hybridized carbons (Fsp3) is 1.00. The second-order valence-electron chi connectivity index (χ2n) is 6.07. The number of hydrogen-bond acceptors (Lipinski definition) is 2. The summed E-state index contributed by atoms with van der Waals surface area (Å²) in [4.78, 5) is 0. The van der Waals surface area contributed by atoms with Crippen molar-refractivity contribution in [3.05, 3.63) is 0 Å². The first-order valence-electron chi connectivity index (χ1n) is 9.23. The summed E-state index contributed by atoms with van der Waals surface area (Å²) in [6.45, 7) is 5.05. The van der Waals surface area contributed by atoms with Crippen molar-refractivity contribution in [2.24, 2.45) is 0 Å². The molecule has 0 amide bonds. The zero-order chi connectivity index (χ0) is 14.7. The molecule has 2 N–H and O–H groups in total. The highest BCUT2D eigenvalue weighted by Gasteiger charge is 1.93. The van der Waals surface area contributed by atoms with Crippen molar-refractivity contribution in [2.45, 2.75) is 96.8 Å². The summed E-state index contributed by atoms with van der Waals surface area (Å²) in [6.07, 6.45) is 18.7. The standard InChI is InChI=1S/C18H39NO/c1-2-3-4-5-7-10-13-16-19-17-14-11-8-6-9-12-15-18-20/h19-20H,2-18H2,1H3. The minimum Gasteiger partial charge on any atom is -0.396 e. The fourth-order valence-electron chi connectivity index (χ4n) is 2.58. The van der Waals surface area contributed by atoms with E-state index in [-0.39, 0.29) is 0 Å². The lowest BCUT2D eigenvalue weighted by atomic mass is 10.1. The highest BCUT2D eigenvalue weighted by Crippen LogP contribution is 2.07. The van der Waals surface area contributed by atoms with Gasteiger partial charge in [-0.2, -0.15) is 0 Å². The van der Waals surface area contributed by atoms with Gasteiger partial charge < -0.3 is 10.4 Å². The van der Waals surface area contributed by atoms with Gasteiger partial charge in [0.2, 0.25) is 0 Å². The van der Waals surface area contributed by atoms with E-state index in [4.69, 9.17) is 5.11 Å². The molecule has 0 radical (unpaired) electrons. The molecule has 0 saturated carbocycles. The molecule has 0 heterocycles. The quantitative estimate of drug-likeness (QED) is 0.367. The van der Waals surface area contributed by atoms with Gasteiger partial charge in [0.1, 0.15) is 0 Å².